The second kappa shape index (κ2) is 7.07. The van der Waals surface area contributed by atoms with E-state index in [1.165, 1.54) is 12.1 Å². The maximum absolute atomic E-state index is 12.5. The van der Waals surface area contributed by atoms with Crippen LogP contribution in [0.2, 0.25) is 0 Å². The Morgan fingerprint density at radius 2 is 1.59 bits per heavy atom. The van der Waals surface area contributed by atoms with Gasteiger partial charge in [0, 0.05) is 6.21 Å². The second-order valence-electron chi connectivity index (χ2n) is 4.78. The molecule has 1 unspecified atom stereocenters. The van der Waals surface area contributed by atoms with Crippen LogP contribution in [0.4, 0.5) is 13.2 Å². The molecule has 0 aliphatic heterocycles. The summed E-state index contributed by atoms with van der Waals surface area (Å²) in [5.41, 5.74) is 1.01. The number of hydrogen-bond donors (Lipinski definition) is 0. The number of halogens is 3. The van der Waals surface area contributed by atoms with Crippen LogP contribution in [0.25, 0.3) is 0 Å². The molecule has 0 bridgehead atoms. The summed E-state index contributed by atoms with van der Waals surface area (Å²) in [6.07, 6.45) is 1.13. The zero-order valence-electron chi connectivity index (χ0n) is 12.1. The summed E-state index contributed by atoms with van der Waals surface area (Å²) in [5.74, 6) is 0. The molecule has 114 valence electrons. The van der Waals surface area contributed by atoms with Crippen LogP contribution < -0.4 is 0 Å². The van der Waals surface area contributed by atoms with Crippen molar-refractivity contribution in [2.45, 2.75) is 19.1 Å². The second-order valence-corrected chi connectivity index (χ2v) is 4.78. The van der Waals surface area contributed by atoms with Gasteiger partial charge >= 0.3 is 6.18 Å². The molecule has 2 aromatic rings. The monoisotopic (exact) mass is 303 g/mol. The van der Waals surface area contributed by atoms with Crippen molar-refractivity contribution in [2.75, 3.05) is 0 Å². The number of nitrogens with zero attached hydrogens (tertiary/aromatic N) is 1. The smallest absolute Gasteiger partial charge is 0.280 e. The van der Waals surface area contributed by atoms with Gasteiger partial charge in [0.15, 0.2) is 0 Å². The summed E-state index contributed by atoms with van der Waals surface area (Å²) in [6.45, 7) is 1.91. The van der Waals surface area contributed by atoms with Gasteiger partial charge in [0.05, 0.1) is 11.6 Å². The van der Waals surface area contributed by atoms with E-state index in [1.807, 2.05) is 49.4 Å². The van der Waals surface area contributed by atoms with Crippen LogP contribution in [0.5, 0.6) is 0 Å². The molecule has 0 aliphatic carbocycles. The highest BCUT2D eigenvalue weighted by Crippen LogP contribution is 2.29. The van der Waals surface area contributed by atoms with Crippen molar-refractivity contribution in [3.8, 4) is 0 Å². The Labute approximate surface area is 127 Å². The van der Waals surface area contributed by atoms with Crippen molar-refractivity contribution in [3.05, 3.63) is 83.4 Å². The topological polar surface area (TPSA) is 12.4 Å². The minimum Gasteiger partial charge on any atom is -0.280 e. The van der Waals surface area contributed by atoms with Gasteiger partial charge in [-0.05, 0) is 30.2 Å². The van der Waals surface area contributed by atoms with Crippen LogP contribution in [0.15, 0.2) is 71.7 Å². The largest absolute Gasteiger partial charge is 0.416 e. The fourth-order valence-electron chi connectivity index (χ4n) is 2.00. The molecule has 0 fully saturated rings. The van der Waals surface area contributed by atoms with E-state index >= 15 is 0 Å². The Morgan fingerprint density at radius 3 is 2.14 bits per heavy atom. The first-order valence-corrected chi connectivity index (χ1v) is 6.89. The minimum atomic E-state index is -4.31. The lowest BCUT2D eigenvalue weighted by Gasteiger charge is -2.08. The molecule has 0 saturated carbocycles. The van der Waals surface area contributed by atoms with Gasteiger partial charge in [0.1, 0.15) is 0 Å². The molecule has 0 spiro atoms. The highest BCUT2D eigenvalue weighted by atomic mass is 19.4. The summed E-state index contributed by atoms with van der Waals surface area (Å²) in [7, 11) is 0. The van der Waals surface area contributed by atoms with Gasteiger partial charge in [-0.15, -0.1) is 0 Å². The standard InChI is InChI=1S/C18H16F3N/c1-2-6-17(15-7-4-3-5-8-15)22-13-14-9-11-16(12-10-14)18(19,20)21/h2-13,17H,1H3/b6-2+,22-13?. The van der Waals surface area contributed by atoms with E-state index in [2.05, 4.69) is 4.99 Å². The molecule has 1 atom stereocenters. The fourth-order valence-corrected chi connectivity index (χ4v) is 2.00. The Kier molecular flexibility index (Phi) is 5.15. The number of aliphatic imine (C=N–C) groups is 1. The van der Waals surface area contributed by atoms with Crippen LogP contribution in [0.3, 0.4) is 0 Å². The fraction of sp³-hybridized carbons (Fsp3) is 0.167. The predicted molar refractivity (Wildman–Crippen MR) is 83.0 cm³/mol. The summed E-state index contributed by atoms with van der Waals surface area (Å²) in [4.78, 5) is 4.45. The zero-order valence-corrected chi connectivity index (χ0v) is 12.1. The van der Waals surface area contributed by atoms with Crippen LogP contribution in [0, 0.1) is 0 Å². The lowest BCUT2D eigenvalue weighted by Crippen LogP contribution is -2.04. The minimum absolute atomic E-state index is 0.145. The maximum Gasteiger partial charge on any atom is 0.416 e. The molecule has 4 heteroatoms. The Balaban J connectivity index is 2.18. The molecule has 0 radical (unpaired) electrons. The first-order chi connectivity index (χ1) is 10.5. The molecule has 2 rings (SSSR count). The third kappa shape index (κ3) is 4.32. The van der Waals surface area contributed by atoms with Crippen molar-refractivity contribution in [1.29, 1.82) is 0 Å². The predicted octanol–water partition coefficient (Wildman–Crippen LogP) is 5.44. The quantitative estimate of drug-likeness (QED) is 0.526. The van der Waals surface area contributed by atoms with E-state index in [0.717, 1.165) is 17.7 Å². The molecule has 0 aliphatic rings. The lowest BCUT2D eigenvalue weighted by atomic mass is 10.1. The van der Waals surface area contributed by atoms with Crippen molar-refractivity contribution in [1.82, 2.24) is 0 Å². The molecule has 0 aromatic heterocycles. The van der Waals surface area contributed by atoms with Crippen LogP contribution in [0.1, 0.15) is 29.7 Å². The van der Waals surface area contributed by atoms with Crippen LogP contribution in [-0.4, -0.2) is 6.21 Å². The number of alkyl halides is 3. The summed E-state index contributed by atoms with van der Waals surface area (Å²) >= 11 is 0. The summed E-state index contributed by atoms with van der Waals surface area (Å²) in [5, 5.41) is 0. The number of hydrogen-bond acceptors (Lipinski definition) is 1. The molecule has 22 heavy (non-hydrogen) atoms. The highest BCUT2D eigenvalue weighted by molar-refractivity contribution is 5.80. The molecule has 0 N–H and O–H groups in total. The Bertz CT molecular complexity index is 640. The molecule has 0 saturated heterocycles. The zero-order chi connectivity index (χ0) is 16.0. The molecule has 1 nitrogen and oxygen atoms in total. The first kappa shape index (κ1) is 16.0. The van der Waals surface area contributed by atoms with E-state index in [-0.39, 0.29) is 6.04 Å². The van der Waals surface area contributed by atoms with Gasteiger partial charge in [-0.3, -0.25) is 4.99 Å². The molecule has 0 amide bonds. The van der Waals surface area contributed by atoms with Crippen LogP contribution in [-0.2, 0) is 6.18 Å². The molecular weight excluding hydrogens is 287 g/mol. The average molecular weight is 303 g/mol. The molecule has 0 heterocycles. The van der Waals surface area contributed by atoms with E-state index < -0.39 is 11.7 Å². The van der Waals surface area contributed by atoms with Gasteiger partial charge in [0.25, 0.3) is 0 Å². The molecular formula is C18H16F3N. The van der Waals surface area contributed by atoms with E-state index in [0.29, 0.717) is 5.56 Å². The van der Waals surface area contributed by atoms with Gasteiger partial charge in [0.2, 0.25) is 0 Å². The van der Waals surface area contributed by atoms with Crippen molar-refractivity contribution < 1.29 is 13.2 Å². The SMILES string of the molecule is C/C=C/C(N=Cc1ccc(C(F)(F)F)cc1)c1ccccc1. The third-order valence-corrected chi connectivity index (χ3v) is 3.14. The Morgan fingerprint density at radius 1 is 0.955 bits per heavy atom. The van der Waals surface area contributed by atoms with Crippen molar-refractivity contribution in [3.63, 3.8) is 0 Å². The number of benzene rings is 2. The van der Waals surface area contributed by atoms with Gasteiger partial charge in [-0.1, -0.05) is 54.6 Å². The van der Waals surface area contributed by atoms with E-state index in [9.17, 15) is 13.2 Å². The number of rotatable bonds is 4. The lowest BCUT2D eigenvalue weighted by molar-refractivity contribution is -0.137. The first-order valence-electron chi connectivity index (χ1n) is 6.89. The maximum atomic E-state index is 12.5. The molecule has 2 aromatic carbocycles. The summed E-state index contributed by atoms with van der Waals surface area (Å²) in [6, 6.07) is 14.5. The third-order valence-electron chi connectivity index (χ3n) is 3.14. The van der Waals surface area contributed by atoms with E-state index in [4.69, 9.17) is 0 Å². The van der Waals surface area contributed by atoms with Gasteiger partial charge in [-0.25, -0.2) is 0 Å². The van der Waals surface area contributed by atoms with Crippen molar-refractivity contribution >= 4 is 6.21 Å². The van der Waals surface area contributed by atoms with Gasteiger partial charge in [-0.2, -0.15) is 13.2 Å². The van der Waals surface area contributed by atoms with E-state index in [1.54, 1.807) is 6.21 Å². The van der Waals surface area contributed by atoms with Gasteiger partial charge < -0.3 is 0 Å². The average Bonchev–Trinajstić information content (AvgIpc) is 2.52. The normalized spacial score (nSPS) is 13.8. The Hall–Kier alpha value is -2.36. The highest BCUT2D eigenvalue weighted by Gasteiger charge is 2.29. The number of allylic oxidation sites excluding steroid dienone is 1. The summed E-state index contributed by atoms with van der Waals surface area (Å²) < 4.78 is 37.5. The van der Waals surface area contributed by atoms with Crippen LogP contribution >= 0.6 is 0 Å². The van der Waals surface area contributed by atoms with Crippen molar-refractivity contribution in [2.24, 2.45) is 4.99 Å².